The van der Waals surface area contributed by atoms with Crippen molar-refractivity contribution in [3.8, 4) is 11.4 Å². The number of halogens is 1. The van der Waals surface area contributed by atoms with Crippen molar-refractivity contribution in [2.45, 2.75) is 25.9 Å². The molecule has 7 heteroatoms. The molecule has 0 bridgehead atoms. The average Bonchev–Trinajstić information content (AvgIpc) is 2.87. The smallest absolute Gasteiger partial charge is 0.320 e. The Morgan fingerprint density at radius 2 is 2.29 bits per heavy atom. The first kappa shape index (κ1) is 15.5. The lowest BCUT2D eigenvalue weighted by Gasteiger charge is -2.21. The Labute approximate surface area is 127 Å². The van der Waals surface area contributed by atoms with E-state index >= 15 is 0 Å². The van der Waals surface area contributed by atoms with Crippen molar-refractivity contribution >= 4 is 17.6 Å². The number of nitrogens with zero attached hydrogens (tertiary/aromatic N) is 3. The van der Waals surface area contributed by atoms with Gasteiger partial charge < -0.3 is 9.63 Å². The molecule has 0 spiro atoms. The Hall–Kier alpha value is -1.92. The van der Waals surface area contributed by atoms with Gasteiger partial charge in [0.05, 0.1) is 6.54 Å². The lowest BCUT2D eigenvalue weighted by atomic mass is 10.2. The van der Waals surface area contributed by atoms with Crippen LogP contribution >= 0.6 is 11.6 Å². The molecule has 0 saturated carbocycles. The highest BCUT2D eigenvalue weighted by Crippen LogP contribution is 2.20. The predicted octanol–water partition coefficient (Wildman–Crippen LogP) is 2.69. The first-order chi connectivity index (χ1) is 10.0. The molecule has 2 rings (SSSR count). The van der Waals surface area contributed by atoms with Crippen LogP contribution in [0.5, 0.6) is 0 Å². The lowest BCUT2D eigenvalue weighted by molar-refractivity contribution is -0.143. The van der Waals surface area contributed by atoms with Crippen LogP contribution in [0.3, 0.4) is 0 Å². The maximum Gasteiger partial charge on any atom is 0.320 e. The Bertz CT molecular complexity index is 629. The van der Waals surface area contributed by atoms with Crippen LogP contribution in [-0.4, -0.2) is 39.2 Å². The van der Waals surface area contributed by atoms with E-state index in [0.717, 1.165) is 5.56 Å². The summed E-state index contributed by atoms with van der Waals surface area (Å²) in [4.78, 5) is 17.0. The van der Waals surface area contributed by atoms with Crippen LogP contribution in [0.1, 0.15) is 19.2 Å². The van der Waals surface area contributed by atoms with Gasteiger partial charge in [-0.15, -0.1) is 0 Å². The summed E-state index contributed by atoms with van der Waals surface area (Å²) < 4.78 is 5.17. The molecule has 1 N–H and O–H groups in total. The largest absolute Gasteiger partial charge is 0.480 e. The van der Waals surface area contributed by atoms with E-state index in [9.17, 15) is 4.79 Å². The van der Waals surface area contributed by atoms with E-state index < -0.39 is 12.0 Å². The molecular formula is C14H16ClN3O3. The molecule has 0 amide bonds. The van der Waals surface area contributed by atoms with Crippen LogP contribution in [0.4, 0.5) is 0 Å². The van der Waals surface area contributed by atoms with Gasteiger partial charge in [-0.2, -0.15) is 4.98 Å². The Balaban J connectivity index is 2.12. The van der Waals surface area contributed by atoms with Crippen LogP contribution in [0, 0.1) is 0 Å². The van der Waals surface area contributed by atoms with Gasteiger partial charge in [-0.3, -0.25) is 9.69 Å². The molecule has 0 radical (unpaired) electrons. The molecule has 0 aliphatic heterocycles. The molecular weight excluding hydrogens is 294 g/mol. The number of benzene rings is 1. The van der Waals surface area contributed by atoms with E-state index in [-0.39, 0.29) is 6.54 Å². The summed E-state index contributed by atoms with van der Waals surface area (Å²) >= 11 is 5.92. The summed E-state index contributed by atoms with van der Waals surface area (Å²) in [6, 6.07) is 6.56. The molecule has 0 aliphatic rings. The summed E-state index contributed by atoms with van der Waals surface area (Å²) in [5.74, 6) is -0.0639. The maximum atomic E-state index is 11.1. The highest BCUT2D eigenvalue weighted by Gasteiger charge is 2.22. The maximum absolute atomic E-state index is 11.1. The number of rotatable bonds is 6. The van der Waals surface area contributed by atoms with E-state index in [1.165, 1.54) is 0 Å². The van der Waals surface area contributed by atoms with Gasteiger partial charge in [-0.25, -0.2) is 0 Å². The van der Waals surface area contributed by atoms with Crippen LogP contribution in [0.25, 0.3) is 11.4 Å². The number of carbonyl (C=O) groups is 1. The summed E-state index contributed by atoms with van der Waals surface area (Å²) in [7, 11) is 1.71. The predicted molar refractivity (Wildman–Crippen MR) is 77.9 cm³/mol. The number of aliphatic carboxylic acids is 1. The Kier molecular flexibility index (Phi) is 4.93. The summed E-state index contributed by atoms with van der Waals surface area (Å²) in [5, 5.41) is 13.6. The SMILES string of the molecule is CCC(C(=O)O)N(C)Cc1nc(-c2cccc(Cl)c2)no1. The zero-order valence-electron chi connectivity index (χ0n) is 11.8. The highest BCUT2D eigenvalue weighted by atomic mass is 35.5. The van der Waals surface area contributed by atoms with Gasteiger partial charge in [0.2, 0.25) is 11.7 Å². The minimum absolute atomic E-state index is 0.276. The molecule has 112 valence electrons. The second kappa shape index (κ2) is 6.69. The topological polar surface area (TPSA) is 79.5 Å². The van der Waals surface area contributed by atoms with Crippen molar-refractivity contribution in [2.24, 2.45) is 0 Å². The van der Waals surface area contributed by atoms with E-state index in [0.29, 0.717) is 23.2 Å². The third kappa shape index (κ3) is 3.80. The fourth-order valence-electron chi connectivity index (χ4n) is 2.06. The van der Waals surface area contributed by atoms with Crippen LogP contribution in [-0.2, 0) is 11.3 Å². The number of hydrogen-bond donors (Lipinski definition) is 1. The third-order valence-corrected chi connectivity index (χ3v) is 3.37. The standard InChI is InChI=1S/C14H16ClN3O3/c1-3-11(14(19)20)18(2)8-12-16-13(17-21-12)9-5-4-6-10(15)7-9/h4-7,11H,3,8H2,1-2H3,(H,19,20). The van der Waals surface area contributed by atoms with Crippen molar-refractivity contribution in [3.63, 3.8) is 0 Å². The zero-order valence-corrected chi connectivity index (χ0v) is 12.5. The molecule has 2 aromatic rings. The fraction of sp³-hybridized carbons (Fsp3) is 0.357. The number of carboxylic acids is 1. The van der Waals surface area contributed by atoms with Crippen molar-refractivity contribution in [3.05, 3.63) is 35.2 Å². The van der Waals surface area contributed by atoms with Crippen molar-refractivity contribution in [1.82, 2.24) is 15.0 Å². The molecule has 1 heterocycles. The fourth-order valence-corrected chi connectivity index (χ4v) is 2.25. The highest BCUT2D eigenvalue weighted by molar-refractivity contribution is 6.30. The third-order valence-electron chi connectivity index (χ3n) is 3.14. The number of hydrogen-bond acceptors (Lipinski definition) is 5. The van der Waals surface area contributed by atoms with E-state index in [2.05, 4.69) is 10.1 Å². The van der Waals surface area contributed by atoms with Crippen molar-refractivity contribution in [1.29, 1.82) is 0 Å². The van der Waals surface area contributed by atoms with Gasteiger partial charge >= 0.3 is 5.97 Å². The normalized spacial score (nSPS) is 12.6. The summed E-state index contributed by atoms with van der Waals surface area (Å²) in [6.07, 6.45) is 0.501. The van der Waals surface area contributed by atoms with Crippen molar-refractivity contribution < 1.29 is 14.4 Å². The van der Waals surface area contributed by atoms with Crippen molar-refractivity contribution in [2.75, 3.05) is 7.05 Å². The molecule has 1 unspecified atom stereocenters. The van der Waals surface area contributed by atoms with Crippen LogP contribution in [0.15, 0.2) is 28.8 Å². The number of aromatic nitrogens is 2. The molecule has 0 fully saturated rings. The molecule has 21 heavy (non-hydrogen) atoms. The number of likely N-dealkylation sites (N-methyl/N-ethyl adjacent to an activating group) is 1. The second-order valence-corrected chi connectivity index (χ2v) is 5.14. The van der Waals surface area contributed by atoms with Gasteiger partial charge in [0.25, 0.3) is 0 Å². The summed E-state index contributed by atoms with van der Waals surface area (Å²) in [5.41, 5.74) is 0.755. The number of carboxylic acid groups (broad SMARTS) is 1. The molecule has 0 saturated heterocycles. The van der Waals surface area contributed by atoms with Gasteiger partial charge in [-0.05, 0) is 25.6 Å². The Morgan fingerprint density at radius 3 is 2.90 bits per heavy atom. The minimum atomic E-state index is -0.866. The van der Waals surface area contributed by atoms with Gasteiger partial charge in [-0.1, -0.05) is 35.8 Å². The average molecular weight is 310 g/mol. The molecule has 6 nitrogen and oxygen atoms in total. The second-order valence-electron chi connectivity index (χ2n) is 4.70. The molecule has 1 atom stereocenters. The van der Waals surface area contributed by atoms with Gasteiger partial charge in [0.1, 0.15) is 6.04 Å². The monoisotopic (exact) mass is 309 g/mol. The zero-order chi connectivity index (χ0) is 15.4. The van der Waals surface area contributed by atoms with E-state index in [1.54, 1.807) is 30.1 Å². The first-order valence-electron chi connectivity index (χ1n) is 6.52. The molecule has 1 aromatic heterocycles. The van der Waals surface area contributed by atoms with Crippen LogP contribution < -0.4 is 0 Å². The minimum Gasteiger partial charge on any atom is -0.480 e. The van der Waals surface area contributed by atoms with Gasteiger partial charge in [0.15, 0.2) is 0 Å². The quantitative estimate of drug-likeness (QED) is 0.883. The Morgan fingerprint density at radius 1 is 1.52 bits per heavy atom. The summed E-state index contributed by atoms with van der Waals surface area (Å²) in [6.45, 7) is 2.10. The van der Waals surface area contributed by atoms with Gasteiger partial charge in [0, 0.05) is 10.6 Å². The van der Waals surface area contributed by atoms with E-state index in [1.807, 2.05) is 13.0 Å². The first-order valence-corrected chi connectivity index (χ1v) is 6.90. The van der Waals surface area contributed by atoms with Crippen LogP contribution in [0.2, 0.25) is 5.02 Å². The molecule has 1 aromatic carbocycles. The van der Waals surface area contributed by atoms with E-state index in [4.69, 9.17) is 21.2 Å². The molecule has 0 aliphatic carbocycles. The lowest BCUT2D eigenvalue weighted by Crippen LogP contribution is -2.37.